The molecule has 0 aliphatic heterocycles. The molecule has 162 valence electrons. The van der Waals surface area contributed by atoms with Gasteiger partial charge in [0.05, 0.1) is 21.3 Å². The molecule has 0 spiro atoms. The second kappa shape index (κ2) is 9.84. The second-order valence-electron chi connectivity index (χ2n) is 7.11. The summed E-state index contributed by atoms with van der Waals surface area (Å²) >= 11 is 1.47. The molecule has 0 fully saturated rings. The van der Waals surface area contributed by atoms with Crippen molar-refractivity contribution in [2.45, 2.75) is 32.6 Å². The first kappa shape index (κ1) is 22.0. The Balaban J connectivity index is 1.60. The summed E-state index contributed by atoms with van der Waals surface area (Å²) in [5.74, 6) is 1.02. The molecule has 0 saturated heterocycles. The smallest absolute Gasteiger partial charge is 0.348 e. The minimum atomic E-state index is -0.470. The van der Waals surface area contributed by atoms with E-state index in [4.69, 9.17) is 18.9 Å². The monoisotopic (exact) mass is 433 g/mol. The van der Waals surface area contributed by atoms with E-state index >= 15 is 0 Å². The molecule has 1 heterocycles. The van der Waals surface area contributed by atoms with E-state index in [0.29, 0.717) is 33.7 Å². The van der Waals surface area contributed by atoms with Crippen LogP contribution in [0.5, 0.6) is 17.2 Å². The number of carbonyl (C=O) groups is 2. The van der Waals surface area contributed by atoms with Crippen molar-refractivity contribution in [3.8, 4) is 17.2 Å². The number of anilines is 1. The number of benzene rings is 1. The van der Waals surface area contributed by atoms with Crippen LogP contribution >= 0.6 is 11.3 Å². The molecule has 1 aromatic heterocycles. The molecule has 1 aromatic carbocycles. The Kier molecular flexibility index (Phi) is 7.20. The first-order chi connectivity index (χ1) is 14.5. The number of rotatable bonds is 8. The maximum atomic E-state index is 12.4. The van der Waals surface area contributed by atoms with Gasteiger partial charge in [0, 0.05) is 22.7 Å². The molecular weight excluding hydrogens is 406 g/mol. The molecule has 1 aliphatic rings. The van der Waals surface area contributed by atoms with Gasteiger partial charge in [-0.1, -0.05) is 13.3 Å². The highest BCUT2D eigenvalue weighted by molar-refractivity contribution is 7.14. The highest BCUT2D eigenvalue weighted by atomic mass is 32.1. The number of aryl methyl sites for hydroxylation is 1. The highest BCUT2D eigenvalue weighted by Gasteiger charge is 2.23. The standard InChI is InChI=1S/C22H27NO6S/c1-5-13-6-7-18-14(8-13)9-19(30-18)22(25)29-12-20(24)23-15-10-16(26-2)21(28-4)17(11-15)27-3/h9-11,13H,5-8,12H2,1-4H3,(H,23,24). The fourth-order valence-electron chi connectivity index (χ4n) is 3.60. The summed E-state index contributed by atoms with van der Waals surface area (Å²) in [6.07, 6.45) is 4.33. The van der Waals surface area contributed by atoms with E-state index in [1.807, 2.05) is 6.07 Å². The SMILES string of the molecule is CCC1CCc2sc(C(=O)OCC(=O)Nc3cc(OC)c(OC)c(OC)c3)cc2C1. The van der Waals surface area contributed by atoms with Crippen LogP contribution in [0.4, 0.5) is 5.69 Å². The summed E-state index contributed by atoms with van der Waals surface area (Å²) in [4.78, 5) is 26.5. The Morgan fingerprint density at radius 2 is 1.80 bits per heavy atom. The summed E-state index contributed by atoms with van der Waals surface area (Å²) < 4.78 is 21.0. The van der Waals surface area contributed by atoms with Gasteiger partial charge in [-0.25, -0.2) is 4.79 Å². The third-order valence-corrected chi connectivity index (χ3v) is 6.46. The molecule has 7 nitrogen and oxygen atoms in total. The summed E-state index contributed by atoms with van der Waals surface area (Å²) in [5, 5.41) is 2.68. The lowest BCUT2D eigenvalue weighted by molar-refractivity contribution is -0.119. The topological polar surface area (TPSA) is 83.1 Å². The number of nitrogens with one attached hydrogen (secondary N) is 1. The number of carbonyl (C=O) groups excluding carboxylic acids is 2. The zero-order valence-corrected chi connectivity index (χ0v) is 18.5. The Bertz CT molecular complexity index is 897. The second-order valence-corrected chi connectivity index (χ2v) is 8.25. The number of thiophene rings is 1. The number of esters is 1. The largest absolute Gasteiger partial charge is 0.493 e. The van der Waals surface area contributed by atoms with Gasteiger partial charge in [0.25, 0.3) is 5.91 Å². The number of fused-ring (bicyclic) bond motifs is 1. The van der Waals surface area contributed by atoms with Crippen LogP contribution in [0, 0.1) is 5.92 Å². The van der Waals surface area contributed by atoms with E-state index in [0.717, 1.165) is 25.7 Å². The van der Waals surface area contributed by atoms with Crippen molar-refractivity contribution < 1.29 is 28.5 Å². The van der Waals surface area contributed by atoms with Crippen molar-refractivity contribution in [2.75, 3.05) is 33.3 Å². The summed E-state index contributed by atoms with van der Waals surface area (Å²) in [5.41, 5.74) is 1.69. The summed E-state index contributed by atoms with van der Waals surface area (Å²) in [6.45, 7) is 1.82. The van der Waals surface area contributed by atoms with E-state index in [1.165, 1.54) is 43.1 Å². The van der Waals surface area contributed by atoms with E-state index in [9.17, 15) is 9.59 Å². The molecule has 30 heavy (non-hydrogen) atoms. The van der Waals surface area contributed by atoms with Crippen LogP contribution in [-0.2, 0) is 22.4 Å². The minimum Gasteiger partial charge on any atom is -0.493 e. The number of hydrogen-bond acceptors (Lipinski definition) is 7. The molecule has 2 aromatic rings. The highest BCUT2D eigenvalue weighted by Crippen LogP contribution is 2.40. The Labute approximate surface area is 180 Å². The van der Waals surface area contributed by atoms with Crippen LogP contribution < -0.4 is 19.5 Å². The average molecular weight is 434 g/mol. The fraction of sp³-hybridized carbons (Fsp3) is 0.455. The van der Waals surface area contributed by atoms with Gasteiger partial charge >= 0.3 is 5.97 Å². The fourth-order valence-corrected chi connectivity index (χ4v) is 4.70. The van der Waals surface area contributed by atoms with Crippen molar-refractivity contribution in [3.63, 3.8) is 0 Å². The van der Waals surface area contributed by atoms with Crippen LogP contribution in [0.25, 0.3) is 0 Å². The Hall–Kier alpha value is -2.74. The maximum absolute atomic E-state index is 12.4. The Morgan fingerprint density at radius 1 is 1.10 bits per heavy atom. The van der Waals surface area contributed by atoms with Crippen LogP contribution in [-0.4, -0.2) is 39.8 Å². The molecule has 1 atom stereocenters. The molecular formula is C22H27NO6S. The van der Waals surface area contributed by atoms with E-state index in [1.54, 1.807) is 12.1 Å². The van der Waals surface area contributed by atoms with E-state index in [2.05, 4.69) is 12.2 Å². The van der Waals surface area contributed by atoms with E-state index in [-0.39, 0.29) is 6.61 Å². The normalized spacial score (nSPS) is 15.1. The summed E-state index contributed by atoms with van der Waals surface area (Å²) in [7, 11) is 4.49. The predicted molar refractivity (Wildman–Crippen MR) is 115 cm³/mol. The van der Waals surface area contributed by atoms with Crippen molar-refractivity contribution in [3.05, 3.63) is 33.5 Å². The molecule has 0 saturated carbocycles. The molecule has 1 aliphatic carbocycles. The molecule has 1 amide bonds. The van der Waals surface area contributed by atoms with Gasteiger partial charge in [-0.15, -0.1) is 11.3 Å². The van der Waals surface area contributed by atoms with Gasteiger partial charge < -0.3 is 24.3 Å². The van der Waals surface area contributed by atoms with Gasteiger partial charge in [0.15, 0.2) is 18.1 Å². The molecule has 1 unspecified atom stereocenters. The predicted octanol–water partition coefficient (Wildman–Crippen LogP) is 4.08. The molecule has 8 heteroatoms. The zero-order chi connectivity index (χ0) is 21.7. The number of hydrogen-bond donors (Lipinski definition) is 1. The number of ether oxygens (including phenoxy) is 4. The Morgan fingerprint density at radius 3 is 2.40 bits per heavy atom. The van der Waals surface area contributed by atoms with Crippen molar-refractivity contribution in [1.29, 1.82) is 0 Å². The molecule has 3 rings (SSSR count). The van der Waals surface area contributed by atoms with Crippen molar-refractivity contribution in [1.82, 2.24) is 0 Å². The third kappa shape index (κ3) is 4.87. The lowest BCUT2D eigenvalue weighted by Crippen LogP contribution is -2.20. The lowest BCUT2D eigenvalue weighted by Gasteiger charge is -2.19. The first-order valence-corrected chi connectivity index (χ1v) is 10.7. The van der Waals surface area contributed by atoms with Gasteiger partial charge in [0.2, 0.25) is 5.75 Å². The number of methoxy groups -OCH3 is 3. The van der Waals surface area contributed by atoms with Crippen molar-refractivity contribution >= 4 is 28.9 Å². The minimum absolute atomic E-state index is 0.379. The average Bonchev–Trinajstić information content (AvgIpc) is 3.20. The maximum Gasteiger partial charge on any atom is 0.348 e. The van der Waals surface area contributed by atoms with Crippen LogP contribution in [0.3, 0.4) is 0 Å². The van der Waals surface area contributed by atoms with Crippen LogP contribution in [0.2, 0.25) is 0 Å². The van der Waals surface area contributed by atoms with Gasteiger partial charge in [-0.2, -0.15) is 0 Å². The molecule has 0 bridgehead atoms. The lowest BCUT2D eigenvalue weighted by atomic mass is 9.87. The first-order valence-electron chi connectivity index (χ1n) is 9.87. The third-order valence-electron chi connectivity index (χ3n) is 5.25. The van der Waals surface area contributed by atoms with Gasteiger partial charge in [-0.3, -0.25) is 4.79 Å². The van der Waals surface area contributed by atoms with Crippen molar-refractivity contribution in [2.24, 2.45) is 5.92 Å². The molecule has 1 N–H and O–H groups in total. The summed E-state index contributed by atoms with van der Waals surface area (Å²) in [6, 6.07) is 5.14. The quantitative estimate of drug-likeness (QED) is 0.632. The van der Waals surface area contributed by atoms with Crippen LogP contribution in [0.15, 0.2) is 18.2 Å². The van der Waals surface area contributed by atoms with Gasteiger partial charge in [0.1, 0.15) is 4.88 Å². The zero-order valence-electron chi connectivity index (χ0n) is 17.7. The molecule has 0 radical (unpaired) electrons. The van der Waals surface area contributed by atoms with Gasteiger partial charge in [-0.05, 0) is 36.8 Å². The number of amides is 1. The van der Waals surface area contributed by atoms with Crippen LogP contribution in [0.1, 0.15) is 39.9 Å². The van der Waals surface area contributed by atoms with E-state index < -0.39 is 11.9 Å².